The summed E-state index contributed by atoms with van der Waals surface area (Å²) in [5.41, 5.74) is 4.01. The molecule has 0 fully saturated rings. The van der Waals surface area contributed by atoms with Gasteiger partial charge in [0.1, 0.15) is 0 Å². The number of fused-ring (bicyclic) bond motifs is 1. The van der Waals surface area contributed by atoms with E-state index < -0.39 is 0 Å². The predicted octanol–water partition coefficient (Wildman–Crippen LogP) is 5.30. The van der Waals surface area contributed by atoms with Crippen LogP contribution in [0.4, 0.5) is 0 Å². The lowest BCUT2D eigenvalue weighted by Gasteiger charge is -2.18. The third kappa shape index (κ3) is 3.06. The van der Waals surface area contributed by atoms with Gasteiger partial charge in [-0.25, -0.2) is 9.97 Å². The van der Waals surface area contributed by atoms with Crippen LogP contribution in [0.5, 0.6) is 0 Å². The van der Waals surface area contributed by atoms with Gasteiger partial charge in [0.2, 0.25) is 5.89 Å². The smallest absolute Gasteiger partial charge is 0.269 e. The first kappa shape index (κ1) is 16.7. The molecule has 2 aromatic carbocycles. The first-order chi connectivity index (χ1) is 12.4. The monoisotopic (exact) mass is 364 g/mol. The average Bonchev–Trinajstić information content (AvgIpc) is 3.10. The van der Waals surface area contributed by atoms with E-state index in [0.717, 1.165) is 16.6 Å². The van der Waals surface area contributed by atoms with Crippen LogP contribution in [0.2, 0.25) is 5.15 Å². The lowest BCUT2D eigenvalue weighted by atomic mass is 9.87. The van der Waals surface area contributed by atoms with Gasteiger partial charge in [0, 0.05) is 5.56 Å². The fourth-order valence-electron chi connectivity index (χ4n) is 2.66. The largest absolute Gasteiger partial charge is 0.414 e. The molecule has 6 heteroatoms. The number of para-hydroxylation sites is 2. The molecule has 0 N–H and O–H groups in total. The number of hydrogen-bond donors (Lipinski definition) is 0. The van der Waals surface area contributed by atoms with Crippen LogP contribution < -0.4 is 0 Å². The second kappa shape index (κ2) is 6.18. The van der Waals surface area contributed by atoms with Crippen molar-refractivity contribution < 1.29 is 4.42 Å². The number of rotatable bonds is 2. The summed E-state index contributed by atoms with van der Waals surface area (Å²) in [7, 11) is 0. The molecule has 0 atom stereocenters. The van der Waals surface area contributed by atoms with E-state index in [9.17, 15) is 0 Å². The molecule has 0 aliphatic heterocycles. The second-order valence-corrected chi connectivity index (χ2v) is 7.45. The minimum atomic E-state index is 0.0900. The second-order valence-electron chi connectivity index (χ2n) is 7.09. The third-order valence-corrected chi connectivity index (χ3v) is 4.42. The quantitative estimate of drug-likeness (QED) is 0.483. The molecule has 0 amide bonds. The molecule has 0 unspecified atom stereocenters. The van der Waals surface area contributed by atoms with Gasteiger partial charge in [0.15, 0.2) is 10.8 Å². The van der Waals surface area contributed by atoms with Crippen LogP contribution in [0, 0.1) is 0 Å². The lowest BCUT2D eigenvalue weighted by Crippen LogP contribution is -2.10. The number of hydrogen-bond acceptors (Lipinski definition) is 5. The molecule has 0 radical (unpaired) electrons. The molecular formula is C20H17ClN4O. The molecule has 0 spiro atoms. The predicted molar refractivity (Wildman–Crippen MR) is 102 cm³/mol. The standard InChI is InChI=1S/C20H17ClN4O/c1-20(2,3)13-10-8-12(9-11-13)18-24-25-19(26-18)16-17(21)23-15-7-5-4-6-14(15)22-16/h4-11H,1-3H3. The molecule has 4 aromatic rings. The van der Waals surface area contributed by atoms with Crippen LogP contribution in [0.3, 0.4) is 0 Å². The normalized spacial score (nSPS) is 11.8. The van der Waals surface area contributed by atoms with Crippen molar-refractivity contribution in [2.75, 3.05) is 0 Å². The molecule has 0 aliphatic carbocycles. The molecular weight excluding hydrogens is 348 g/mol. The summed E-state index contributed by atoms with van der Waals surface area (Å²) in [4.78, 5) is 8.86. The van der Waals surface area contributed by atoms with E-state index in [1.165, 1.54) is 5.56 Å². The van der Waals surface area contributed by atoms with E-state index in [4.69, 9.17) is 16.0 Å². The van der Waals surface area contributed by atoms with Crippen LogP contribution in [-0.2, 0) is 5.41 Å². The molecule has 0 bridgehead atoms. The summed E-state index contributed by atoms with van der Waals surface area (Å²) in [5.74, 6) is 0.676. The molecule has 2 heterocycles. The molecule has 4 rings (SSSR count). The Bertz CT molecular complexity index is 1080. The van der Waals surface area contributed by atoms with Gasteiger partial charge in [0.05, 0.1) is 11.0 Å². The van der Waals surface area contributed by atoms with E-state index in [1.807, 2.05) is 36.4 Å². The summed E-state index contributed by atoms with van der Waals surface area (Å²) in [6.45, 7) is 6.52. The fraction of sp³-hybridized carbons (Fsp3) is 0.200. The van der Waals surface area contributed by atoms with Crippen LogP contribution in [0.1, 0.15) is 26.3 Å². The highest BCUT2D eigenvalue weighted by atomic mass is 35.5. The van der Waals surface area contributed by atoms with Crippen molar-refractivity contribution in [2.24, 2.45) is 0 Å². The van der Waals surface area contributed by atoms with Crippen LogP contribution in [-0.4, -0.2) is 20.2 Å². The number of aromatic nitrogens is 4. The van der Waals surface area contributed by atoms with Crippen molar-refractivity contribution >= 4 is 22.6 Å². The van der Waals surface area contributed by atoms with E-state index in [2.05, 4.69) is 53.1 Å². The minimum absolute atomic E-state index is 0.0900. The van der Waals surface area contributed by atoms with E-state index in [1.54, 1.807) is 0 Å². The first-order valence-corrected chi connectivity index (χ1v) is 8.67. The van der Waals surface area contributed by atoms with Crippen molar-refractivity contribution in [3.63, 3.8) is 0 Å². The Balaban J connectivity index is 1.71. The highest BCUT2D eigenvalue weighted by molar-refractivity contribution is 6.32. The molecule has 26 heavy (non-hydrogen) atoms. The van der Waals surface area contributed by atoms with Crippen molar-refractivity contribution in [3.8, 4) is 23.0 Å². The van der Waals surface area contributed by atoms with Crippen LogP contribution in [0.15, 0.2) is 52.9 Å². The fourth-order valence-corrected chi connectivity index (χ4v) is 2.88. The Morgan fingerprint density at radius 2 is 1.42 bits per heavy atom. The molecule has 0 saturated heterocycles. The maximum Gasteiger partial charge on any atom is 0.269 e. The van der Waals surface area contributed by atoms with Crippen molar-refractivity contribution in [1.82, 2.24) is 20.2 Å². The minimum Gasteiger partial charge on any atom is -0.414 e. The highest BCUT2D eigenvalue weighted by Gasteiger charge is 2.18. The Morgan fingerprint density at radius 3 is 2.08 bits per heavy atom. The van der Waals surface area contributed by atoms with Gasteiger partial charge in [0.25, 0.3) is 5.89 Å². The van der Waals surface area contributed by atoms with Gasteiger partial charge >= 0.3 is 0 Å². The van der Waals surface area contributed by atoms with Crippen molar-refractivity contribution in [3.05, 3.63) is 59.2 Å². The molecule has 5 nitrogen and oxygen atoms in total. The zero-order chi connectivity index (χ0) is 18.3. The summed E-state index contributed by atoms with van der Waals surface area (Å²) in [6.07, 6.45) is 0. The van der Waals surface area contributed by atoms with Gasteiger partial charge in [-0.1, -0.05) is 56.6 Å². The van der Waals surface area contributed by atoms with Crippen molar-refractivity contribution in [2.45, 2.75) is 26.2 Å². The Morgan fingerprint density at radius 1 is 0.808 bits per heavy atom. The lowest BCUT2D eigenvalue weighted by molar-refractivity contribution is 0.580. The average molecular weight is 365 g/mol. The summed E-state index contributed by atoms with van der Waals surface area (Å²) < 4.78 is 5.80. The number of benzene rings is 2. The zero-order valence-corrected chi connectivity index (χ0v) is 15.4. The summed E-state index contributed by atoms with van der Waals surface area (Å²) in [6, 6.07) is 15.6. The van der Waals surface area contributed by atoms with Gasteiger partial charge in [-0.2, -0.15) is 0 Å². The van der Waals surface area contributed by atoms with E-state index in [0.29, 0.717) is 11.6 Å². The summed E-state index contributed by atoms with van der Waals surface area (Å²) in [5, 5.41) is 8.47. The van der Waals surface area contributed by atoms with Crippen LogP contribution in [0.25, 0.3) is 34.1 Å². The Labute approximate surface area is 156 Å². The van der Waals surface area contributed by atoms with Gasteiger partial charge < -0.3 is 4.42 Å². The van der Waals surface area contributed by atoms with E-state index >= 15 is 0 Å². The van der Waals surface area contributed by atoms with Gasteiger partial charge in [-0.15, -0.1) is 10.2 Å². The SMILES string of the molecule is CC(C)(C)c1ccc(-c2nnc(-c3nc4ccccc4nc3Cl)o2)cc1. The third-order valence-electron chi connectivity index (χ3n) is 4.15. The maximum absolute atomic E-state index is 6.26. The van der Waals surface area contributed by atoms with Gasteiger partial charge in [-0.3, -0.25) is 0 Å². The van der Waals surface area contributed by atoms with Gasteiger partial charge in [-0.05, 0) is 35.2 Å². The Hall–Kier alpha value is -2.79. The van der Waals surface area contributed by atoms with Crippen molar-refractivity contribution in [1.29, 1.82) is 0 Å². The number of nitrogens with zero attached hydrogens (tertiary/aromatic N) is 4. The zero-order valence-electron chi connectivity index (χ0n) is 14.7. The maximum atomic E-state index is 6.26. The molecule has 2 aromatic heterocycles. The molecule has 0 saturated carbocycles. The Kier molecular flexibility index (Phi) is 3.96. The molecule has 130 valence electrons. The molecule has 0 aliphatic rings. The number of halogens is 1. The van der Waals surface area contributed by atoms with Crippen LogP contribution >= 0.6 is 11.6 Å². The topological polar surface area (TPSA) is 64.7 Å². The van der Waals surface area contributed by atoms with E-state index in [-0.39, 0.29) is 16.5 Å². The first-order valence-electron chi connectivity index (χ1n) is 8.29. The summed E-state index contributed by atoms with van der Waals surface area (Å²) >= 11 is 6.26. The highest BCUT2D eigenvalue weighted by Crippen LogP contribution is 2.29.